The SMILES string of the molecule is N#CC1(C(=O)N2CCC3(CC(=O)N(c4ccccn4)C3)C2)CC1. The number of anilines is 1. The molecular formula is C17H18N4O2. The van der Waals surface area contributed by atoms with Crippen molar-refractivity contribution in [3.63, 3.8) is 0 Å². The Morgan fingerprint density at radius 3 is 2.74 bits per heavy atom. The molecule has 2 saturated heterocycles. The molecular weight excluding hydrogens is 292 g/mol. The number of nitriles is 1. The minimum absolute atomic E-state index is 0.0411. The van der Waals surface area contributed by atoms with Gasteiger partial charge in [-0.1, -0.05) is 6.07 Å². The maximum atomic E-state index is 12.5. The van der Waals surface area contributed by atoms with Gasteiger partial charge in [-0.25, -0.2) is 4.98 Å². The molecule has 3 aliphatic rings. The van der Waals surface area contributed by atoms with Crippen LogP contribution in [0.1, 0.15) is 25.7 Å². The fraction of sp³-hybridized carbons (Fsp3) is 0.529. The van der Waals surface area contributed by atoms with Crippen molar-refractivity contribution in [3.05, 3.63) is 24.4 Å². The predicted octanol–water partition coefficient (Wildman–Crippen LogP) is 1.34. The van der Waals surface area contributed by atoms with E-state index in [4.69, 9.17) is 0 Å². The summed E-state index contributed by atoms with van der Waals surface area (Å²) in [5.74, 6) is 0.704. The number of hydrogen-bond acceptors (Lipinski definition) is 4. The highest BCUT2D eigenvalue weighted by Gasteiger charge is 2.56. The van der Waals surface area contributed by atoms with Crippen molar-refractivity contribution in [1.29, 1.82) is 5.26 Å². The quantitative estimate of drug-likeness (QED) is 0.826. The molecule has 0 aromatic carbocycles. The van der Waals surface area contributed by atoms with Crippen LogP contribution in [0.3, 0.4) is 0 Å². The third-order valence-electron chi connectivity index (χ3n) is 5.35. The lowest BCUT2D eigenvalue weighted by Gasteiger charge is -2.24. The van der Waals surface area contributed by atoms with E-state index in [1.54, 1.807) is 16.0 Å². The smallest absolute Gasteiger partial charge is 0.243 e. The van der Waals surface area contributed by atoms with Crippen molar-refractivity contribution in [2.45, 2.75) is 25.7 Å². The maximum absolute atomic E-state index is 12.5. The van der Waals surface area contributed by atoms with Gasteiger partial charge >= 0.3 is 0 Å². The first-order valence-corrected chi connectivity index (χ1v) is 8.00. The van der Waals surface area contributed by atoms with E-state index >= 15 is 0 Å². The number of rotatable bonds is 2. The van der Waals surface area contributed by atoms with Crippen LogP contribution in [0.2, 0.25) is 0 Å². The first kappa shape index (κ1) is 14.2. The topological polar surface area (TPSA) is 77.3 Å². The van der Waals surface area contributed by atoms with E-state index in [0.717, 1.165) is 6.42 Å². The van der Waals surface area contributed by atoms with Crippen molar-refractivity contribution in [3.8, 4) is 6.07 Å². The maximum Gasteiger partial charge on any atom is 0.243 e. The average molecular weight is 310 g/mol. The molecule has 4 rings (SSSR count). The first-order chi connectivity index (χ1) is 11.1. The number of amides is 2. The van der Waals surface area contributed by atoms with E-state index in [1.807, 2.05) is 18.2 Å². The molecule has 2 aliphatic heterocycles. The fourth-order valence-corrected chi connectivity index (χ4v) is 3.80. The summed E-state index contributed by atoms with van der Waals surface area (Å²) in [6.45, 7) is 1.82. The molecule has 1 unspecified atom stereocenters. The van der Waals surface area contributed by atoms with Gasteiger partial charge in [0.05, 0.1) is 6.07 Å². The molecule has 1 saturated carbocycles. The molecule has 3 fully saturated rings. The Bertz CT molecular complexity index is 707. The molecule has 0 radical (unpaired) electrons. The number of hydrogen-bond donors (Lipinski definition) is 0. The van der Waals surface area contributed by atoms with Crippen LogP contribution in [0.25, 0.3) is 0 Å². The summed E-state index contributed by atoms with van der Waals surface area (Å²) < 4.78 is 0. The van der Waals surface area contributed by atoms with E-state index < -0.39 is 5.41 Å². The molecule has 23 heavy (non-hydrogen) atoms. The normalized spacial score (nSPS) is 28.2. The van der Waals surface area contributed by atoms with Crippen molar-refractivity contribution >= 4 is 17.6 Å². The zero-order chi connectivity index (χ0) is 16.1. The van der Waals surface area contributed by atoms with Gasteiger partial charge in [-0.3, -0.25) is 14.5 Å². The van der Waals surface area contributed by atoms with Crippen LogP contribution in [0.5, 0.6) is 0 Å². The van der Waals surface area contributed by atoms with Crippen LogP contribution in [-0.2, 0) is 9.59 Å². The lowest BCUT2D eigenvalue weighted by atomic mass is 9.86. The van der Waals surface area contributed by atoms with Gasteiger partial charge in [0, 0.05) is 37.7 Å². The molecule has 0 bridgehead atoms. The Morgan fingerprint density at radius 1 is 1.26 bits per heavy atom. The second kappa shape index (κ2) is 4.79. The molecule has 1 atom stereocenters. The number of carbonyl (C=O) groups is 2. The minimum atomic E-state index is -0.769. The van der Waals surface area contributed by atoms with Crippen molar-refractivity contribution < 1.29 is 9.59 Å². The highest BCUT2D eigenvalue weighted by Crippen LogP contribution is 2.49. The zero-order valence-electron chi connectivity index (χ0n) is 12.9. The van der Waals surface area contributed by atoms with Gasteiger partial charge in [-0.2, -0.15) is 5.26 Å². The van der Waals surface area contributed by atoms with Gasteiger partial charge in [0.15, 0.2) is 0 Å². The number of nitrogens with zero attached hydrogens (tertiary/aromatic N) is 4. The third-order valence-corrected chi connectivity index (χ3v) is 5.35. The Hall–Kier alpha value is -2.42. The number of likely N-dealkylation sites (tertiary alicyclic amines) is 1. The Morgan fingerprint density at radius 2 is 2.09 bits per heavy atom. The lowest BCUT2D eigenvalue weighted by molar-refractivity contribution is -0.134. The summed E-state index contributed by atoms with van der Waals surface area (Å²) >= 11 is 0. The van der Waals surface area contributed by atoms with Crippen molar-refractivity contribution in [2.75, 3.05) is 24.5 Å². The van der Waals surface area contributed by atoms with Crippen LogP contribution in [-0.4, -0.2) is 41.3 Å². The molecule has 3 heterocycles. The second-order valence-corrected chi connectivity index (χ2v) is 7.02. The van der Waals surface area contributed by atoms with Gasteiger partial charge < -0.3 is 4.90 Å². The summed E-state index contributed by atoms with van der Waals surface area (Å²) in [6.07, 6.45) is 4.29. The molecule has 1 aromatic rings. The summed E-state index contributed by atoms with van der Waals surface area (Å²) in [7, 11) is 0. The van der Waals surface area contributed by atoms with Gasteiger partial charge in [0.25, 0.3) is 0 Å². The van der Waals surface area contributed by atoms with Crippen LogP contribution in [0, 0.1) is 22.2 Å². The largest absolute Gasteiger partial charge is 0.341 e. The molecule has 6 heteroatoms. The van der Waals surface area contributed by atoms with Crippen LogP contribution in [0.4, 0.5) is 5.82 Å². The lowest BCUT2D eigenvalue weighted by Crippen LogP contribution is -2.38. The number of aromatic nitrogens is 1. The number of pyridine rings is 1. The summed E-state index contributed by atoms with van der Waals surface area (Å²) in [5.41, 5.74) is -0.954. The van der Waals surface area contributed by atoms with E-state index in [2.05, 4.69) is 11.1 Å². The highest BCUT2D eigenvalue weighted by atomic mass is 16.2. The molecule has 1 aromatic heterocycles. The average Bonchev–Trinajstić information content (AvgIpc) is 3.18. The molecule has 0 N–H and O–H groups in total. The van der Waals surface area contributed by atoms with Gasteiger partial charge in [0.2, 0.25) is 11.8 Å². The zero-order valence-corrected chi connectivity index (χ0v) is 12.9. The van der Waals surface area contributed by atoms with Crippen LogP contribution >= 0.6 is 0 Å². The molecule has 2 amide bonds. The highest BCUT2D eigenvalue weighted by molar-refractivity contribution is 5.96. The third kappa shape index (κ3) is 2.19. The van der Waals surface area contributed by atoms with Crippen LogP contribution < -0.4 is 4.90 Å². The Balaban J connectivity index is 1.50. The minimum Gasteiger partial charge on any atom is -0.341 e. The van der Waals surface area contributed by atoms with Gasteiger partial charge in [0.1, 0.15) is 11.2 Å². The van der Waals surface area contributed by atoms with E-state index in [0.29, 0.717) is 44.7 Å². The van der Waals surface area contributed by atoms with E-state index in [-0.39, 0.29) is 17.2 Å². The summed E-state index contributed by atoms with van der Waals surface area (Å²) in [5, 5.41) is 9.21. The van der Waals surface area contributed by atoms with Crippen LogP contribution in [0.15, 0.2) is 24.4 Å². The Labute approximate surface area is 134 Å². The van der Waals surface area contributed by atoms with Gasteiger partial charge in [-0.15, -0.1) is 0 Å². The fourth-order valence-electron chi connectivity index (χ4n) is 3.80. The van der Waals surface area contributed by atoms with Gasteiger partial charge in [-0.05, 0) is 31.4 Å². The summed E-state index contributed by atoms with van der Waals surface area (Å²) in [6, 6.07) is 7.71. The predicted molar refractivity (Wildman–Crippen MR) is 82.1 cm³/mol. The Kier molecular flexibility index (Phi) is 2.95. The van der Waals surface area contributed by atoms with E-state index in [9.17, 15) is 14.9 Å². The monoisotopic (exact) mass is 310 g/mol. The second-order valence-electron chi connectivity index (χ2n) is 7.02. The van der Waals surface area contributed by atoms with E-state index in [1.165, 1.54) is 0 Å². The molecule has 118 valence electrons. The summed E-state index contributed by atoms with van der Waals surface area (Å²) in [4.78, 5) is 32.7. The van der Waals surface area contributed by atoms with Crippen molar-refractivity contribution in [2.24, 2.45) is 10.8 Å². The van der Waals surface area contributed by atoms with Crippen molar-refractivity contribution in [1.82, 2.24) is 9.88 Å². The first-order valence-electron chi connectivity index (χ1n) is 8.00. The molecule has 1 spiro atoms. The standard InChI is InChI=1S/C17H18N4O2/c18-10-17(4-5-17)15(23)20-8-6-16(11-20)9-14(22)21(12-16)13-3-1-2-7-19-13/h1-3,7H,4-6,8-9,11-12H2. The molecule has 6 nitrogen and oxygen atoms in total. The number of carbonyl (C=O) groups excluding carboxylic acids is 2. The molecule has 1 aliphatic carbocycles.